The third-order valence-corrected chi connectivity index (χ3v) is 8.29. The molecule has 1 aliphatic rings. The van der Waals surface area contributed by atoms with Crippen LogP contribution < -0.4 is 0 Å². The molecule has 0 heterocycles. The maximum absolute atomic E-state index is 9.61. The van der Waals surface area contributed by atoms with Gasteiger partial charge in [-0.3, -0.25) is 0 Å². The smallest absolute Gasteiger partial charge is 0.0747 e. The van der Waals surface area contributed by atoms with Gasteiger partial charge in [0.25, 0.3) is 0 Å². The van der Waals surface area contributed by atoms with Gasteiger partial charge in [-0.05, 0) is 117 Å². The van der Waals surface area contributed by atoms with Gasteiger partial charge in [-0.2, -0.15) is 0 Å². The minimum Gasteiger partial charge on any atom is -0.393 e. The number of aliphatic hydroxyl groups excluding tert-OH is 4. The summed E-state index contributed by atoms with van der Waals surface area (Å²) in [7, 11) is 0. The minimum absolute atomic E-state index is 0.167. The summed E-state index contributed by atoms with van der Waals surface area (Å²) in [5.41, 5.74) is 6.70. The standard InChI is InChI=1S/C13H22O.C11H22O.C10H18O.C7H14O/c1-10(9-14)5-7-12-8-6-11(2)13(12,3)4;1-4-6-7-9-11(12)10(3)8-5-2;1-9(2)5-4-6-10(3)7-8-11;1-3-4-5-6-7(2)8/h5-6,12,14H,7-9H2,1-4H3;8,11-12H,4-7,9H2,1-3H3;5,7,11H,4,6,8H2,1-3H3;4-5,7-8H,3,6H2,1-2H3/b10-5+;10-8+;10-7+;5-4-. The maximum atomic E-state index is 9.61. The fraction of sp³-hybridized carbons (Fsp3) is 0.707. The highest BCUT2D eigenvalue weighted by Gasteiger charge is 2.33. The molecule has 3 atom stereocenters. The van der Waals surface area contributed by atoms with Crippen LogP contribution in [0, 0.1) is 11.3 Å². The molecule has 264 valence electrons. The Morgan fingerprint density at radius 1 is 0.889 bits per heavy atom. The van der Waals surface area contributed by atoms with E-state index in [1.54, 1.807) is 6.92 Å². The van der Waals surface area contributed by atoms with Gasteiger partial charge >= 0.3 is 0 Å². The van der Waals surface area contributed by atoms with Crippen molar-refractivity contribution in [2.75, 3.05) is 13.2 Å². The van der Waals surface area contributed by atoms with Crippen molar-refractivity contribution in [2.24, 2.45) is 11.3 Å². The molecule has 0 saturated carbocycles. The Balaban J connectivity index is -0.000000533. The minimum atomic E-state index is -0.198. The van der Waals surface area contributed by atoms with Gasteiger partial charge in [0.15, 0.2) is 0 Å². The molecule has 0 amide bonds. The van der Waals surface area contributed by atoms with Crippen molar-refractivity contribution in [3.05, 3.63) is 70.4 Å². The van der Waals surface area contributed by atoms with Crippen LogP contribution >= 0.6 is 0 Å². The van der Waals surface area contributed by atoms with Gasteiger partial charge in [0.2, 0.25) is 0 Å². The molecular weight excluding hydrogens is 556 g/mol. The molecule has 4 nitrogen and oxygen atoms in total. The molecule has 3 unspecified atom stereocenters. The number of rotatable bonds is 16. The van der Waals surface area contributed by atoms with Crippen LogP contribution in [-0.2, 0) is 0 Å². The van der Waals surface area contributed by atoms with Crippen LogP contribution in [0.1, 0.15) is 154 Å². The molecule has 0 aliphatic heterocycles. The molecule has 1 aliphatic carbocycles. The lowest BCUT2D eigenvalue weighted by molar-refractivity contribution is 0.196. The molecule has 4 N–H and O–H groups in total. The average Bonchev–Trinajstić information content (AvgIpc) is 3.23. The highest BCUT2D eigenvalue weighted by molar-refractivity contribution is 5.19. The lowest BCUT2D eigenvalue weighted by Crippen LogP contribution is -2.19. The molecule has 45 heavy (non-hydrogen) atoms. The van der Waals surface area contributed by atoms with Crippen molar-refractivity contribution in [3.8, 4) is 0 Å². The van der Waals surface area contributed by atoms with Crippen molar-refractivity contribution >= 4 is 0 Å². The first-order chi connectivity index (χ1) is 21.1. The molecule has 0 aromatic carbocycles. The fourth-order valence-corrected chi connectivity index (χ4v) is 4.58. The van der Waals surface area contributed by atoms with E-state index < -0.39 is 0 Å². The Morgan fingerprint density at radius 2 is 1.53 bits per heavy atom. The zero-order valence-corrected chi connectivity index (χ0v) is 31.8. The maximum Gasteiger partial charge on any atom is 0.0747 e. The summed E-state index contributed by atoms with van der Waals surface area (Å²) >= 11 is 0. The van der Waals surface area contributed by atoms with Gasteiger partial charge in [-0.25, -0.2) is 0 Å². The van der Waals surface area contributed by atoms with Gasteiger partial charge in [0.05, 0.1) is 25.4 Å². The van der Waals surface area contributed by atoms with Crippen LogP contribution in [0.3, 0.4) is 0 Å². The third-order valence-electron chi connectivity index (χ3n) is 8.29. The first kappa shape index (κ1) is 47.7. The third kappa shape index (κ3) is 29.4. The van der Waals surface area contributed by atoms with Crippen molar-refractivity contribution in [1.29, 1.82) is 0 Å². The average molecular weight is 633 g/mol. The van der Waals surface area contributed by atoms with Crippen LogP contribution in [0.4, 0.5) is 0 Å². The van der Waals surface area contributed by atoms with Crippen LogP contribution in [0.5, 0.6) is 0 Å². The Kier molecular flexibility index (Phi) is 32.8. The molecular formula is C41H76O4. The number of allylic oxidation sites excluding steroid dienone is 8. The van der Waals surface area contributed by atoms with Crippen LogP contribution in [0.25, 0.3) is 0 Å². The highest BCUT2D eigenvalue weighted by Crippen LogP contribution is 2.44. The van der Waals surface area contributed by atoms with Crippen molar-refractivity contribution < 1.29 is 20.4 Å². The Morgan fingerprint density at radius 3 is 1.98 bits per heavy atom. The summed E-state index contributed by atoms with van der Waals surface area (Å²) in [5.74, 6) is 0.712. The first-order valence-corrected chi connectivity index (χ1v) is 17.6. The number of hydrogen-bond acceptors (Lipinski definition) is 4. The molecule has 0 bridgehead atoms. The SMILES string of the molecule is CC(C)=CCC/C(C)=C/CO.CC/C=C(\C)C(O)CCCCC.CC/C=C\CC(C)O.CC1=CCC(C/C=C(\C)CO)C1(C)C. The van der Waals surface area contributed by atoms with Crippen LogP contribution in [0.15, 0.2) is 70.4 Å². The summed E-state index contributed by atoms with van der Waals surface area (Å²) in [4.78, 5) is 0. The van der Waals surface area contributed by atoms with Gasteiger partial charge in [0, 0.05) is 0 Å². The second-order valence-electron chi connectivity index (χ2n) is 13.4. The fourth-order valence-electron chi connectivity index (χ4n) is 4.58. The highest BCUT2D eigenvalue weighted by atomic mass is 16.3. The molecule has 4 heteroatoms. The van der Waals surface area contributed by atoms with E-state index in [0.29, 0.717) is 11.3 Å². The van der Waals surface area contributed by atoms with Crippen molar-refractivity contribution in [2.45, 2.75) is 166 Å². The van der Waals surface area contributed by atoms with E-state index in [4.69, 9.17) is 15.3 Å². The quantitative estimate of drug-likeness (QED) is 0.101. The van der Waals surface area contributed by atoms with E-state index in [1.165, 1.54) is 36.0 Å². The largest absolute Gasteiger partial charge is 0.393 e. The van der Waals surface area contributed by atoms with Gasteiger partial charge in [0.1, 0.15) is 0 Å². The van der Waals surface area contributed by atoms with Gasteiger partial charge < -0.3 is 20.4 Å². The summed E-state index contributed by atoms with van der Waals surface area (Å²) < 4.78 is 0. The zero-order chi connectivity index (χ0) is 35.3. The molecule has 0 aromatic rings. The van der Waals surface area contributed by atoms with Crippen LogP contribution in [-0.4, -0.2) is 45.8 Å². The van der Waals surface area contributed by atoms with Gasteiger partial charge in [-0.1, -0.05) is 119 Å². The van der Waals surface area contributed by atoms with E-state index in [0.717, 1.165) is 62.5 Å². The number of unbranched alkanes of at least 4 members (excludes halogenated alkanes) is 2. The lowest BCUT2D eigenvalue weighted by Gasteiger charge is -2.29. The van der Waals surface area contributed by atoms with E-state index in [1.807, 2.05) is 26.0 Å². The first-order valence-electron chi connectivity index (χ1n) is 17.6. The molecule has 0 aromatic heterocycles. The monoisotopic (exact) mass is 633 g/mol. The van der Waals surface area contributed by atoms with Gasteiger partial charge in [-0.15, -0.1) is 0 Å². The summed E-state index contributed by atoms with van der Waals surface area (Å²) in [6.07, 6.45) is 26.2. The Labute approximate surface area is 280 Å². The number of hydrogen-bond donors (Lipinski definition) is 4. The van der Waals surface area contributed by atoms with E-state index >= 15 is 0 Å². The summed E-state index contributed by atoms with van der Waals surface area (Å²) in [6, 6.07) is 0. The lowest BCUT2D eigenvalue weighted by atomic mass is 9.76. The molecule has 0 saturated heterocycles. The second kappa shape index (κ2) is 30.9. The predicted octanol–water partition coefficient (Wildman–Crippen LogP) is 11.0. The second-order valence-corrected chi connectivity index (χ2v) is 13.4. The van der Waals surface area contributed by atoms with E-state index in [9.17, 15) is 5.11 Å². The zero-order valence-electron chi connectivity index (χ0n) is 31.8. The summed E-state index contributed by atoms with van der Waals surface area (Å²) in [6.45, 7) is 25.6. The van der Waals surface area contributed by atoms with Crippen molar-refractivity contribution in [1.82, 2.24) is 0 Å². The van der Waals surface area contributed by atoms with E-state index in [2.05, 4.69) is 92.7 Å². The number of aliphatic hydroxyl groups is 4. The van der Waals surface area contributed by atoms with Crippen LogP contribution in [0.2, 0.25) is 0 Å². The summed E-state index contributed by atoms with van der Waals surface area (Å²) in [5, 5.41) is 35.8. The molecule has 1 rings (SSSR count). The molecule has 0 fully saturated rings. The Hall–Kier alpha value is -1.72. The predicted molar refractivity (Wildman–Crippen MR) is 201 cm³/mol. The molecule has 0 radical (unpaired) electrons. The topological polar surface area (TPSA) is 80.9 Å². The molecule has 0 spiro atoms. The van der Waals surface area contributed by atoms with Crippen molar-refractivity contribution in [3.63, 3.8) is 0 Å². The van der Waals surface area contributed by atoms with E-state index in [-0.39, 0.29) is 25.4 Å². The normalized spacial score (nSPS) is 17.6. The Bertz CT molecular complexity index is 879.